The highest BCUT2D eigenvalue weighted by molar-refractivity contribution is 6.30. The second kappa shape index (κ2) is 9.10. The Balaban J connectivity index is 0.00000225. The van der Waals surface area contributed by atoms with E-state index in [-0.39, 0.29) is 25.0 Å². The molecule has 146 valence electrons. The molecule has 28 heavy (non-hydrogen) atoms. The van der Waals surface area contributed by atoms with Crippen molar-refractivity contribution in [2.45, 2.75) is 19.7 Å². The van der Waals surface area contributed by atoms with Gasteiger partial charge in [-0.05, 0) is 54.4 Å². The minimum Gasteiger partial charge on any atom is -0.471 e. The Morgan fingerprint density at radius 1 is 1.25 bits per heavy atom. The van der Waals surface area contributed by atoms with Crippen LogP contribution in [-0.4, -0.2) is 22.2 Å². The number of carbonyl (C=O) groups excluding carboxylic acids is 1. The van der Waals surface area contributed by atoms with Crippen LogP contribution in [0.15, 0.2) is 54.9 Å². The van der Waals surface area contributed by atoms with Crippen molar-refractivity contribution in [3.05, 3.63) is 76.6 Å². The van der Waals surface area contributed by atoms with Crippen LogP contribution in [0.5, 0.6) is 5.75 Å². The summed E-state index contributed by atoms with van der Waals surface area (Å²) in [6.07, 6.45) is 4.27. The van der Waals surface area contributed by atoms with E-state index in [0.717, 1.165) is 19.5 Å². The standard InChI is InChI=1S/C20H19ClN4O2.ClH/c21-17-2-1-3-19(9-17)27-13-25-12-18(11-23-25)24-20(26)15-4-5-16-10-22-7-6-14(16)8-15;/h1-5,8-9,11-12,22H,6-7,10,13H2,(H,24,26);1H. The summed E-state index contributed by atoms with van der Waals surface area (Å²) in [5.41, 5.74) is 3.75. The van der Waals surface area contributed by atoms with Gasteiger partial charge in [-0.15, -0.1) is 12.4 Å². The van der Waals surface area contributed by atoms with Gasteiger partial charge in [-0.1, -0.05) is 23.7 Å². The number of amides is 1. The molecule has 0 fully saturated rings. The van der Waals surface area contributed by atoms with Crippen molar-refractivity contribution in [1.82, 2.24) is 15.1 Å². The Kier molecular flexibility index (Phi) is 6.57. The van der Waals surface area contributed by atoms with Gasteiger partial charge < -0.3 is 15.4 Å². The molecule has 3 aromatic rings. The second-order valence-electron chi connectivity index (χ2n) is 6.36. The van der Waals surface area contributed by atoms with Crippen molar-refractivity contribution in [3.63, 3.8) is 0 Å². The Morgan fingerprint density at radius 2 is 2.14 bits per heavy atom. The van der Waals surface area contributed by atoms with Crippen LogP contribution in [0.25, 0.3) is 0 Å². The van der Waals surface area contributed by atoms with E-state index in [0.29, 0.717) is 22.0 Å². The normalized spacial score (nSPS) is 12.6. The van der Waals surface area contributed by atoms with Crippen molar-refractivity contribution < 1.29 is 9.53 Å². The number of nitrogens with zero attached hydrogens (tertiary/aromatic N) is 2. The third kappa shape index (κ3) is 4.84. The number of aromatic nitrogens is 2. The van der Waals surface area contributed by atoms with Crippen molar-refractivity contribution >= 4 is 35.6 Å². The minimum atomic E-state index is -0.147. The predicted molar refractivity (Wildman–Crippen MR) is 111 cm³/mol. The smallest absolute Gasteiger partial charge is 0.255 e. The third-order valence-electron chi connectivity index (χ3n) is 4.41. The van der Waals surface area contributed by atoms with E-state index in [1.54, 1.807) is 29.2 Å². The van der Waals surface area contributed by atoms with Crippen LogP contribution >= 0.6 is 24.0 Å². The van der Waals surface area contributed by atoms with E-state index in [4.69, 9.17) is 16.3 Å². The Labute approximate surface area is 174 Å². The van der Waals surface area contributed by atoms with Gasteiger partial charge >= 0.3 is 0 Å². The number of ether oxygens (including phenoxy) is 1. The van der Waals surface area contributed by atoms with E-state index < -0.39 is 0 Å². The fraction of sp³-hybridized carbons (Fsp3) is 0.200. The molecule has 0 saturated carbocycles. The molecule has 0 atom stereocenters. The number of fused-ring (bicyclic) bond motifs is 1. The van der Waals surface area contributed by atoms with E-state index >= 15 is 0 Å². The molecule has 1 aliphatic rings. The maximum Gasteiger partial charge on any atom is 0.255 e. The molecule has 2 heterocycles. The topological polar surface area (TPSA) is 68.2 Å². The first kappa shape index (κ1) is 20.2. The Bertz CT molecular complexity index is 974. The molecule has 1 amide bonds. The SMILES string of the molecule is Cl.O=C(Nc1cnn(COc2cccc(Cl)c2)c1)c1ccc2c(c1)CCNC2. The van der Waals surface area contributed by atoms with E-state index in [1.165, 1.54) is 11.1 Å². The molecule has 2 N–H and O–H groups in total. The number of hydrogen-bond donors (Lipinski definition) is 2. The third-order valence-corrected chi connectivity index (χ3v) is 4.64. The maximum atomic E-state index is 12.5. The maximum absolute atomic E-state index is 12.5. The zero-order valence-corrected chi connectivity index (χ0v) is 16.6. The van der Waals surface area contributed by atoms with Gasteiger partial charge in [0, 0.05) is 17.1 Å². The lowest BCUT2D eigenvalue weighted by atomic mass is 9.98. The first-order valence-electron chi connectivity index (χ1n) is 8.72. The number of carbonyl (C=O) groups is 1. The fourth-order valence-electron chi connectivity index (χ4n) is 3.02. The molecule has 0 saturated heterocycles. The van der Waals surface area contributed by atoms with Crippen LogP contribution in [0.1, 0.15) is 21.5 Å². The fourth-order valence-corrected chi connectivity index (χ4v) is 3.20. The Morgan fingerprint density at radius 3 is 3.00 bits per heavy atom. The van der Waals surface area contributed by atoms with Crippen molar-refractivity contribution in [2.75, 3.05) is 11.9 Å². The summed E-state index contributed by atoms with van der Waals surface area (Å²) < 4.78 is 7.24. The number of benzene rings is 2. The highest BCUT2D eigenvalue weighted by atomic mass is 35.5. The molecule has 6 nitrogen and oxygen atoms in total. The molecule has 0 radical (unpaired) electrons. The zero-order chi connectivity index (χ0) is 18.6. The van der Waals surface area contributed by atoms with Gasteiger partial charge in [-0.3, -0.25) is 4.79 Å². The molecule has 0 spiro atoms. The monoisotopic (exact) mass is 418 g/mol. The lowest BCUT2D eigenvalue weighted by Gasteiger charge is -2.17. The molecule has 4 rings (SSSR count). The first-order chi connectivity index (χ1) is 13.2. The van der Waals surface area contributed by atoms with Gasteiger partial charge in [-0.2, -0.15) is 5.10 Å². The predicted octanol–water partition coefficient (Wildman–Crippen LogP) is 3.89. The second-order valence-corrected chi connectivity index (χ2v) is 6.80. The summed E-state index contributed by atoms with van der Waals surface area (Å²) in [4.78, 5) is 12.5. The van der Waals surface area contributed by atoms with Gasteiger partial charge in [0.15, 0.2) is 6.73 Å². The average molecular weight is 419 g/mol. The summed E-state index contributed by atoms with van der Waals surface area (Å²) in [6.45, 7) is 2.02. The van der Waals surface area contributed by atoms with Crippen molar-refractivity contribution in [2.24, 2.45) is 0 Å². The number of halogens is 2. The van der Waals surface area contributed by atoms with E-state index in [9.17, 15) is 4.79 Å². The molecular formula is C20H20Cl2N4O2. The number of rotatable bonds is 5. The zero-order valence-electron chi connectivity index (χ0n) is 15.0. The average Bonchev–Trinajstić information content (AvgIpc) is 3.13. The van der Waals surface area contributed by atoms with Crippen LogP contribution < -0.4 is 15.4 Å². The number of hydrogen-bond acceptors (Lipinski definition) is 4. The molecule has 0 aliphatic carbocycles. The van der Waals surface area contributed by atoms with Gasteiger partial charge in [0.05, 0.1) is 18.1 Å². The first-order valence-corrected chi connectivity index (χ1v) is 9.10. The minimum absolute atomic E-state index is 0. The van der Waals surface area contributed by atoms with Gasteiger partial charge in [0.25, 0.3) is 5.91 Å². The molecule has 2 aromatic carbocycles. The largest absolute Gasteiger partial charge is 0.471 e. The summed E-state index contributed by atoms with van der Waals surface area (Å²) in [6, 6.07) is 13.0. The number of nitrogens with one attached hydrogen (secondary N) is 2. The molecule has 0 bridgehead atoms. The van der Waals surface area contributed by atoms with Crippen LogP contribution in [-0.2, 0) is 19.7 Å². The summed E-state index contributed by atoms with van der Waals surface area (Å²) >= 11 is 5.94. The van der Waals surface area contributed by atoms with Crippen molar-refractivity contribution in [1.29, 1.82) is 0 Å². The van der Waals surface area contributed by atoms with Crippen LogP contribution in [0, 0.1) is 0 Å². The summed E-state index contributed by atoms with van der Waals surface area (Å²) in [7, 11) is 0. The van der Waals surface area contributed by atoms with E-state index in [1.807, 2.05) is 30.3 Å². The molecule has 0 unspecified atom stereocenters. The number of anilines is 1. The van der Waals surface area contributed by atoms with Crippen molar-refractivity contribution in [3.8, 4) is 5.75 Å². The molecular weight excluding hydrogens is 399 g/mol. The van der Waals surface area contributed by atoms with Crippen LogP contribution in [0.4, 0.5) is 5.69 Å². The lowest BCUT2D eigenvalue weighted by molar-refractivity contribution is 0.102. The Hall–Kier alpha value is -2.54. The van der Waals surface area contributed by atoms with Crippen LogP contribution in [0.3, 0.4) is 0 Å². The van der Waals surface area contributed by atoms with Gasteiger partial charge in [0.2, 0.25) is 0 Å². The molecule has 1 aliphatic heterocycles. The quantitative estimate of drug-likeness (QED) is 0.659. The van der Waals surface area contributed by atoms with Crippen LogP contribution in [0.2, 0.25) is 5.02 Å². The molecule has 8 heteroatoms. The lowest BCUT2D eigenvalue weighted by Crippen LogP contribution is -2.24. The summed E-state index contributed by atoms with van der Waals surface area (Å²) in [5.74, 6) is 0.513. The highest BCUT2D eigenvalue weighted by Gasteiger charge is 2.13. The summed E-state index contributed by atoms with van der Waals surface area (Å²) in [5, 5.41) is 11.0. The van der Waals surface area contributed by atoms with Gasteiger partial charge in [0.1, 0.15) is 5.75 Å². The van der Waals surface area contributed by atoms with Gasteiger partial charge in [-0.25, -0.2) is 4.68 Å². The van der Waals surface area contributed by atoms with E-state index in [2.05, 4.69) is 15.7 Å². The highest BCUT2D eigenvalue weighted by Crippen LogP contribution is 2.19. The molecule has 1 aromatic heterocycles.